The molecule has 0 aliphatic carbocycles. The van der Waals surface area contributed by atoms with E-state index in [-0.39, 0.29) is 5.56 Å². The van der Waals surface area contributed by atoms with E-state index in [9.17, 15) is 28.1 Å². The number of carbonyl (C=O) groups is 1. The molecule has 0 aliphatic rings. The van der Waals surface area contributed by atoms with Gasteiger partial charge in [0.05, 0.1) is 18.5 Å². The van der Waals surface area contributed by atoms with Gasteiger partial charge in [-0.15, -0.1) is 13.2 Å². The number of ether oxygens (including phenoxy) is 2. The fourth-order valence-corrected chi connectivity index (χ4v) is 1.45. The first-order chi connectivity index (χ1) is 9.14. The summed E-state index contributed by atoms with van der Waals surface area (Å²) in [6.07, 6.45) is -5.62. The van der Waals surface area contributed by atoms with Crippen LogP contribution >= 0.6 is 0 Å². The Kier molecular flexibility index (Phi) is 4.48. The lowest BCUT2D eigenvalue weighted by molar-refractivity contribution is -0.386. The van der Waals surface area contributed by atoms with Crippen molar-refractivity contribution in [2.45, 2.75) is 19.7 Å². The zero-order valence-electron chi connectivity index (χ0n) is 10.4. The average molecular weight is 294 g/mol. The predicted molar refractivity (Wildman–Crippen MR) is 58.0 cm³/mol. The Morgan fingerprint density at radius 1 is 1.50 bits per heavy atom. The van der Waals surface area contributed by atoms with Crippen LogP contribution in [0.2, 0.25) is 0 Å². The minimum absolute atomic E-state index is 0.108. The maximum absolute atomic E-state index is 12.1. The highest BCUT2D eigenvalue weighted by molar-refractivity contribution is 5.73. The highest BCUT2D eigenvalue weighted by Gasteiger charge is 2.33. The van der Waals surface area contributed by atoms with Crippen LogP contribution in [0.3, 0.4) is 0 Å². The summed E-state index contributed by atoms with van der Waals surface area (Å²) >= 11 is 0. The van der Waals surface area contributed by atoms with Crippen LogP contribution in [-0.4, -0.2) is 29.3 Å². The summed E-state index contributed by atoms with van der Waals surface area (Å²) in [6.45, 7) is 1.21. The molecule has 110 valence electrons. The number of aromatic nitrogens is 1. The van der Waals surface area contributed by atoms with Crippen LogP contribution in [0.4, 0.5) is 18.9 Å². The van der Waals surface area contributed by atoms with E-state index < -0.39 is 40.9 Å². The summed E-state index contributed by atoms with van der Waals surface area (Å²) in [4.78, 5) is 24.5. The van der Waals surface area contributed by atoms with Gasteiger partial charge in [-0.25, -0.2) is 4.98 Å². The third-order valence-electron chi connectivity index (χ3n) is 2.17. The summed E-state index contributed by atoms with van der Waals surface area (Å²) in [6, 6.07) is 0.770. The van der Waals surface area contributed by atoms with E-state index in [0.29, 0.717) is 0 Å². The largest absolute Gasteiger partial charge is 0.574 e. The Labute approximate surface area is 110 Å². The van der Waals surface area contributed by atoms with Crippen LogP contribution in [0.5, 0.6) is 5.88 Å². The molecule has 0 saturated heterocycles. The van der Waals surface area contributed by atoms with Crippen LogP contribution in [0.1, 0.15) is 11.3 Å². The number of pyridine rings is 1. The molecule has 0 radical (unpaired) electrons. The van der Waals surface area contributed by atoms with Crippen molar-refractivity contribution in [3.63, 3.8) is 0 Å². The third kappa shape index (κ3) is 4.07. The lowest BCUT2D eigenvalue weighted by atomic mass is 10.1. The molecule has 1 rings (SSSR count). The van der Waals surface area contributed by atoms with Crippen molar-refractivity contribution in [2.24, 2.45) is 0 Å². The van der Waals surface area contributed by atoms with Crippen molar-refractivity contribution in [2.75, 3.05) is 7.11 Å². The molecule has 0 spiro atoms. The van der Waals surface area contributed by atoms with Crippen LogP contribution in [-0.2, 0) is 16.0 Å². The zero-order chi connectivity index (χ0) is 15.5. The lowest BCUT2D eigenvalue weighted by Crippen LogP contribution is -2.19. The molecule has 7 nitrogen and oxygen atoms in total. The quantitative estimate of drug-likeness (QED) is 0.478. The number of hydrogen-bond acceptors (Lipinski definition) is 6. The Bertz CT molecular complexity index is 544. The molecular weight excluding hydrogens is 285 g/mol. The van der Waals surface area contributed by atoms with Gasteiger partial charge in [-0.05, 0) is 6.92 Å². The van der Waals surface area contributed by atoms with Crippen molar-refractivity contribution >= 4 is 11.7 Å². The molecule has 0 saturated carbocycles. The van der Waals surface area contributed by atoms with Crippen molar-refractivity contribution in [3.05, 3.63) is 27.4 Å². The summed E-state index contributed by atoms with van der Waals surface area (Å²) in [5.74, 6) is -1.75. The van der Waals surface area contributed by atoms with Gasteiger partial charge in [0.2, 0.25) is 5.88 Å². The van der Waals surface area contributed by atoms with Crippen LogP contribution in [0, 0.1) is 17.0 Å². The van der Waals surface area contributed by atoms with Gasteiger partial charge < -0.3 is 9.47 Å². The predicted octanol–water partition coefficient (Wildman–Crippen LogP) is 1.91. The number of halogens is 3. The highest BCUT2D eigenvalue weighted by atomic mass is 19.4. The summed E-state index contributed by atoms with van der Waals surface area (Å²) in [5.41, 5.74) is -1.12. The lowest BCUT2D eigenvalue weighted by Gasteiger charge is -2.10. The molecule has 0 bridgehead atoms. The number of esters is 1. The molecule has 0 N–H and O–H groups in total. The van der Waals surface area contributed by atoms with Crippen LogP contribution in [0.15, 0.2) is 6.07 Å². The van der Waals surface area contributed by atoms with Crippen molar-refractivity contribution < 1.29 is 32.4 Å². The number of alkyl halides is 3. The summed E-state index contributed by atoms with van der Waals surface area (Å²) < 4.78 is 44.2. The van der Waals surface area contributed by atoms with E-state index in [1.54, 1.807) is 0 Å². The van der Waals surface area contributed by atoms with Gasteiger partial charge >= 0.3 is 12.3 Å². The highest BCUT2D eigenvalue weighted by Crippen LogP contribution is 2.29. The van der Waals surface area contributed by atoms with Gasteiger partial charge in [-0.1, -0.05) is 0 Å². The molecule has 1 heterocycles. The van der Waals surface area contributed by atoms with Crippen molar-refractivity contribution in [3.8, 4) is 5.88 Å². The average Bonchev–Trinajstić information content (AvgIpc) is 2.24. The topological polar surface area (TPSA) is 91.6 Å². The zero-order valence-corrected chi connectivity index (χ0v) is 10.4. The number of aryl methyl sites for hydroxylation is 1. The van der Waals surface area contributed by atoms with Gasteiger partial charge in [-0.3, -0.25) is 14.9 Å². The fourth-order valence-electron chi connectivity index (χ4n) is 1.45. The number of nitrogens with zero attached hydrogens (tertiary/aromatic N) is 2. The first-order valence-electron chi connectivity index (χ1n) is 5.11. The third-order valence-corrected chi connectivity index (χ3v) is 2.17. The van der Waals surface area contributed by atoms with E-state index in [0.717, 1.165) is 13.2 Å². The van der Waals surface area contributed by atoms with E-state index >= 15 is 0 Å². The number of methoxy groups -OCH3 is 1. The minimum atomic E-state index is -4.99. The second kappa shape index (κ2) is 5.72. The molecule has 0 aliphatic heterocycles. The number of rotatable bonds is 4. The summed E-state index contributed by atoms with van der Waals surface area (Å²) in [5, 5.41) is 10.9. The standard InChI is InChI=1S/C10H9F3N2O5/c1-5-3-7(20-10(11,12)13)14-6(4-8(16)19-2)9(5)15(17)18/h3H,4H2,1-2H3. The van der Waals surface area contributed by atoms with Gasteiger partial charge in [0, 0.05) is 11.6 Å². The molecule has 0 unspecified atom stereocenters. The normalized spacial score (nSPS) is 11.1. The van der Waals surface area contributed by atoms with Crippen molar-refractivity contribution in [1.29, 1.82) is 0 Å². The van der Waals surface area contributed by atoms with Gasteiger partial charge in [-0.2, -0.15) is 0 Å². The molecule has 0 aromatic carbocycles. The minimum Gasteiger partial charge on any atom is -0.469 e. The Morgan fingerprint density at radius 3 is 2.55 bits per heavy atom. The number of nitro groups is 1. The van der Waals surface area contributed by atoms with Crippen molar-refractivity contribution in [1.82, 2.24) is 4.98 Å². The Balaban J connectivity index is 3.28. The van der Waals surface area contributed by atoms with Crippen LogP contribution < -0.4 is 4.74 Å². The smallest absolute Gasteiger partial charge is 0.469 e. The molecule has 0 atom stereocenters. The number of carbonyl (C=O) groups excluding carboxylic acids is 1. The molecule has 20 heavy (non-hydrogen) atoms. The fraction of sp³-hybridized carbons (Fsp3) is 0.400. The van der Waals surface area contributed by atoms with E-state index in [1.807, 2.05) is 0 Å². The van der Waals surface area contributed by atoms with Gasteiger partial charge in [0.25, 0.3) is 5.69 Å². The molecule has 1 aromatic heterocycles. The molecule has 1 aromatic rings. The first-order valence-corrected chi connectivity index (χ1v) is 5.11. The summed E-state index contributed by atoms with van der Waals surface area (Å²) in [7, 11) is 1.04. The van der Waals surface area contributed by atoms with E-state index in [2.05, 4.69) is 14.5 Å². The van der Waals surface area contributed by atoms with Gasteiger partial charge in [0.1, 0.15) is 5.69 Å². The molecule has 0 amide bonds. The second-order valence-electron chi connectivity index (χ2n) is 3.63. The monoisotopic (exact) mass is 294 g/mol. The molecule has 10 heteroatoms. The molecular formula is C10H9F3N2O5. The first kappa shape index (κ1) is 15.7. The molecule has 0 fully saturated rings. The van der Waals surface area contributed by atoms with E-state index in [1.165, 1.54) is 6.92 Å². The Morgan fingerprint density at radius 2 is 2.10 bits per heavy atom. The maximum Gasteiger partial charge on any atom is 0.574 e. The maximum atomic E-state index is 12.1. The Hall–Kier alpha value is -2.39. The van der Waals surface area contributed by atoms with Gasteiger partial charge in [0.15, 0.2) is 0 Å². The second-order valence-corrected chi connectivity index (χ2v) is 3.63. The number of hydrogen-bond donors (Lipinski definition) is 0. The SMILES string of the molecule is COC(=O)Cc1nc(OC(F)(F)F)cc(C)c1[N+](=O)[O-]. The van der Waals surface area contributed by atoms with E-state index in [4.69, 9.17) is 0 Å². The van der Waals surface area contributed by atoms with Crippen LogP contribution in [0.25, 0.3) is 0 Å².